The van der Waals surface area contributed by atoms with Gasteiger partial charge in [-0.2, -0.15) is 5.26 Å². The minimum Gasteiger partial charge on any atom is -0.331 e. The summed E-state index contributed by atoms with van der Waals surface area (Å²) in [6, 6.07) is 2.06. The van der Waals surface area contributed by atoms with Crippen molar-refractivity contribution in [3.05, 3.63) is 0 Å². The van der Waals surface area contributed by atoms with Crippen LogP contribution in [0.1, 0.15) is 32.6 Å². The molecule has 0 aromatic heterocycles. The molecule has 3 fully saturated rings. The molecule has 0 radical (unpaired) electrons. The molecular weight excluding hydrogens is 318 g/mol. The molecule has 25 heavy (non-hydrogen) atoms. The predicted molar refractivity (Wildman–Crippen MR) is 93.6 cm³/mol. The smallest absolute Gasteiger partial charge is 0.319 e. The molecule has 2 heterocycles. The maximum atomic E-state index is 12.4. The van der Waals surface area contributed by atoms with Crippen molar-refractivity contribution in [1.82, 2.24) is 20.0 Å². The summed E-state index contributed by atoms with van der Waals surface area (Å²) in [5.74, 6) is 1.05. The molecule has 2 aliphatic heterocycles. The van der Waals surface area contributed by atoms with E-state index in [4.69, 9.17) is 5.26 Å². The second kappa shape index (κ2) is 6.83. The predicted octanol–water partition coefficient (Wildman–Crippen LogP) is 0.873. The Bertz CT molecular complexity index is 571. The minimum absolute atomic E-state index is 0.0340. The molecule has 4 atom stereocenters. The number of nitrogens with one attached hydrogen (secondary N) is 1. The van der Waals surface area contributed by atoms with Gasteiger partial charge in [-0.05, 0) is 44.4 Å². The Labute approximate surface area is 149 Å². The molecule has 1 unspecified atom stereocenters. The molecule has 3 aliphatic rings. The van der Waals surface area contributed by atoms with Gasteiger partial charge in [0.05, 0.1) is 12.6 Å². The van der Waals surface area contributed by atoms with E-state index in [1.165, 1.54) is 0 Å². The number of carbonyl (C=O) groups is 2. The van der Waals surface area contributed by atoms with Crippen LogP contribution in [0.5, 0.6) is 0 Å². The van der Waals surface area contributed by atoms with Crippen molar-refractivity contribution in [2.24, 2.45) is 11.8 Å². The van der Waals surface area contributed by atoms with Crippen molar-refractivity contribution in [1.29, 1.82) is 5.26 Å². The van der Waals surface area contributed by atoms with Gasteiger partial charge in [-0.1, -0.05) is 0 Å². The Morgan fingerprint density at radius 1 is 1.28 bits per heavy atom. The zero-order chi connectivity index (χ0) is 18.2. The number of hydrogen-bond acceptors (Lipinski definition) is 4. The van der Waals surface area contributed by atoms with E-state index in [0.29, 0.717) is 24.9 Å². The van der Waals surface area contributed by atoms with Crippen LogP contribution in [0.2, 0.25) is 0 Å². The average Bonchev–Trinajstić information content (AvgIpc) is 3.24. The molecule has 3 rings (SSSR count). The number of amides is 3. The third-order valence-corrected chi connectivity index (χ3v) is 6.04. The van der Waals surface area contributed by atoms with E-state index in [0.717, 1.165) is 38.8 Å². The molecule has 1 saturated carbocycles. The Hall–Kier alpha value is -1.81. The summed E-state index contributed by atoms with van der Waals surface area (Å²) in [7, 11) is 3.58. The number of hydrogen-bond donors (Lipinski definition) is 1. The zero-order valence-corrected chi connectivity index (χ0v) is 15.5. The van der Waals surface area contributed by atoms with Crippen molar-refractivity contribution in [2.75, 3.05) is 40.3 Å². The van der Waals surface area contributed by atoms with Gasteiger partial charge in [0.1, 0.15) is 6.04 Å². The van der Waals surface area contributed by atoms with Crippen LogP contribution >= 0.6 is 0 Å². The fourth-order valence-electron chi connectivity index (χ4n) is 4.82. The van der Waals surface area contributed by atoms with Gasteiger partial charge in [0, 0.05) is 39.3 Å². The van der Waals surface area contributed by atoms with Crippen molar-refractivity contribution in [3.8, 4) is 6.07 Å². The summed E-state index contributed by atoms with van der Waals surface area (Å²) in [5.41, 5.74) is -0.0554. The number of likely N-dealkylation sites (tertiary alicyclic amines) is 2. The van der Waals surface area contributed by atoms with Gasteiger partial charge in [-0.3, -0.25) is 4.79 Å². The minimum atomic E-state index is -0.254. The van der Waals surface area contributed by atoms with Gasteiger partial charge in [0.15, 0.2) is 0 Å². The number of rotatable bonds is 3. The molecule has 0 aromatic rings. The highest BCUT2D eigenvalue weighted by atomic mass is 16.2. The summed E-state index contributed by atoms with van der Waals surface area (Å²) in [6.07, 6.45) is 3.69. The molecule has 3 amide bonds. The average molecular weight is 347 g/mol. The SMILES string of the molecule is CN(C)C(=O)N1C[C@@H]2C[C@@](C)(NCC(=O)N3CCCC3C#N)C[C@@H]2C1. The van der Waals surface area contributed by atoms with E-state index >= 15 is 0 Å². The van der Waals surface area contributed by atoms with Crippen LogP contribution in [0.4, 0.5) is 4.79 Å². The van der Waals surface area contributed by atoms with Crippen LogP contribution in [-0.4, -0.2) is 78.5 Å². The molecule has 0 spiro atoms. The number of fused-ring (bicyclic) bond motifs is 1. The van der Waals surface area contributed by atoms with Gasteiger partial charge in [0.25, 0.3) is 0 Å². The number of nitrogens with zero attached hydrogens (tertiary/aromatic N) is 4. The van der Waals surface area contributed by atoms with Crippen LogP contribution < -0.4 is 5.32 Å². The van der Waals surface area contributed by atoms with E-state index in [1.54, 1.807) is 23.9 Å². The van der Waals surface area contributed by atoms with E-state index in [9.17, 15) is 9.59 Å². The topological polar surface area (TPSA) is 79.7 Å². The first-order chi connectivity index (χ1) is 11.8. The monoisotopic (exact) mass is 347 g/mol. The highest BCUT2D eigenvalue weighted by Gasteiger charge is 2.48. The van der Waals surface area contributed by atoms with Crippen LogP contribution in [0.25, 0.3) is 0 Å². The molecule has 7 heteroatoms. The fourth-order valence-corrected chi connectivity index (χ4v) is 4.82. The summed E-state index contributed by atoms with van der Waals surface area (Å²) in [4.78, 5) is 29.8. The molecule has 0 aromatic carbocycles. The zero-order valence-electron chi connectivity index (χ0n) is 15.5. The van der Waals surface area contributed by atoms with Crippen LogP contribution in [0.3, 0.4) is 0 Å². The van der Waals surface area contributed by atoms with Crippen molar-refractivity contribution >= 4 is 11.9 Å². The van der Waals surface area contributed by atoms with E-state index in [-0.39, 0.29) is 23.5 Å². The van der Waals surface area contributed by atoms with Crippen molar-refractivity contribution in [3.63, 3.8) is 0 Å². The lowest BCUT2D eigenvalue weighted by molar-refractivity contribution is -0.130. The molecular formula is C18H29N5O2. The van der Waals surface area contributed by atoms with E-state index < -0.39 is 0 Å². The van der Waals surface area contributed by atoms with Gasteiger partial charge in [-0.15, -0.1) is 0 Å². The molecule has 138 valence electrons. The van der Waals surface area contributed by atoms with E-state index in [2.05, 4.69) is 18.3 Å². The molecule has 1 aliphatic carbocycles. The normalized spacial score (nSPS) is 34.1. The lowest BCUT2D eigenvalue weighted by Gasteiger charge is -2.30. The Kier molecular flexibility index (Phi) is 4.92. The van der Waals surface area contributed by atoms with Crippen molar-refractivity contribution < 1.29 is 9.59 Å². The molecule has 0 bridgehead atoms. The fraction of sp³-hybridized carbons (Fsp3) is 0.833. The third-order valence-electron chi connectivity index (χ3n) is 6.04. The second-order valence-corrected chi connectivity index (χ2v) is 8.30. The lowest BCUT2D eigenvalue weighted by Crippen LogP contribution is -2.48. The maximum Gasteiger partial charge on any atom is 0.319 e. The highest BCUT2D eigenvalue weighted by Crippen LogP contribution is 2.43. The summed E-state index contributed by atoms with van der Waals surface area (Å²) in [6.45, 7) is 4.81. The van der Waals surface area contributed by atoms with Crippen LogP contribution in [0.15, 0.2) is 0 Å². The first-order valence-corrected chi connectivity index (χ1v) is 9.23. The standard InChI is InChI=1S/C18H29N5O2/c1-18(20-10-16(24)23-6-4-5-15(23)9-19)7-13-11-22(12-14(13)8-18)17(25)21(2)3/h13-15,20H,4-8,10-12H2,1-3H3/t13-,14+,15?,18+. The number of urea groups is 1. The quantitative estimate of drug-likeness (QED) is 0.822. The third kappa shape index (κ3) is 3.59. The Morgan fingerprint density at radius 3 is 2.48 bits per heavy atom. The highest BCUT2D eigenvalue weighted by molar-refractivity contribution is 5.79. The molecule has 2 saturated heterocycles. The van der Waals surface area contributed by atoms with Gasteiger partial charge in [-0.25, -0.2) is 4.79 Å². The van der Waals surface area contributed by atoms with Crippen molar-refractivity contribution in [2.45, 2.75) is 44.2 Å². The van der Waals surface area contributed by atoms with E-state index in [1.807, 2.05) is 4.90 Å². The number of carbonyl (C=O) groups excluding carboxylic acids is 2. The summed E-state index contributed by atoms with van der Waals surface area (Å²) < 4.78 is 0. The first-order valence-electron chi connectivity index (χ1n) is 9.23. The maximum absolute atomic E-state index is 12.4. The van der Waals surface area contributed by atoms with Crippen LogP contribution in [-0.2, 0) is 4.79 Å². The van der Waals surface area contributed by atoms with Crippen LogP contribution in [0, 0.1) is 23.2 Å². The number of nitriles is 1. The Balaban J connectivity index is 1.50. The summed E-state index contributed by atoms with van der Waals surface area (Å²) >= 11 is 0. The van der Waals surface area contributed by atoms with Gasteiger partial charge < -0.3 is 20.0 Å². The molecule has 1 N–H and O–H groups in total. The first kappa shape index (κ1) is 18.0. The summed E-state index contributed by atoms with van der Waals surface area (Å²) in [5, 5.41) is 12.6. The molecule has 7 nitrogen and oxygen atoms in total. The lowest BCUT2D eigenvalue weighted by atomic mass is 9.98. The largest absolute Gasteiger partial charge is 0.331 e. The second-order valence-electron chi connectivity index (χ2n) is 8.30. The Morgan fingerprint density at radius 2 is 1.92 bits per heavy atom. The van der Waals surface area contributed by atoms with Gasteiger partial charge >= 0.3 is 6.03 Å². The van der Waals surface area contributed by atoms with Gasteiger partial charge in [0.2, 0.25) is 5.91 Å².